The fourth-order valence-corrected chi connectivity index (χ4v) is 6.38. The van der Waals surface area contributed by atoms with Gasteiger partial charge in [-0.05, 0) is 41.8 Å². The van der Waals surface area contributed by atoms with Gasteiger partial charge in [0, 0.05) is 16.9 Å². The number of nitrogens with zero attached hydrogens (tertiary/aromatic N) is 1. The van der Waals surface area contributed by atoms with E-state index in [0.717, 1.165) is 30.1 Å². The van der Waals surface area contributed by atoms with E-state index >= 15 is 0 Å². The molecule has 0 amide bonds. The molecule has 3 aromatic rings. The summed E-state index contributed by atoms with van der Waals surface area (Å²) in [5.41, 5.74) is 4.46. The normalized spacial score (nSPS) is 18.3. The third-order valence-corrected chi connectivity index (χ3v) is 8.94. The van der Waals surface area contributed by atoms with E-state index in [0.29, 0.717) is 0 Å². The van der Waals surface area contributed by atoms with Gasteiger partial charge in [-0.2, -0.15) is 0 Å². The van der Waals surface area contributed by atoms with E-state index in [4.69, 9.17) is 33.2 Å². The zero-order chi connectivity index (χ0) is 22.6. The van der Waals surface area contributed by atoms with E-state index in [1.54, 1.807) is 0 Å². The van der Waals surface area contributed by atoms with E-state index in [1.807, 2.05) is 6.08 Å². The van der Waals surface area contributed by atoms with Crippen molar-refractivity contribution in [3.63, 3.8) is 0 Å². The maximum atomic E-state index is 6.34. The molecule has 0 radical (unpaired) electrons. The van der Waals surface area contributed by atoms with Gasteiger partial charge in [-0.25, -0.2) is 0 Å². The van der Waals surface area contributed by atoms with E-state index in [1.165, 1.54) is 16.8 Å². The van der Waals surface area contributed by atoms with Crippen LogP contribution in [0.2, 0.25) is 0 Å². The summed E-state index contributed by atoms with van der Waals surface area (Å²) >= 11 is 19.0. The second kappa shape index (κ2) is 9.89. The predicted octanol–water partition coefficient (Wildman–Crippen LogP) is 9.11. The molecule has 0 spiro atoms. The lowest BCUT2D eigenvalue weighted by Crippen LogP contribution is -2.46. The fourth-order valence-electron chi connectivity index (χ4n) is 4.52. The Morgan fingerprint density at radius 3 is 2.06 bits per heavy atom. The van der Waals surface area contributed by atoms with Crippen LogP contribution in [0.3, 0.4) is 0 Å². The minimum absolute atomic E-state index is 0.255. The Kier molecular flexibility index (Phi) is 7.16. The molecule has 4 rings (SSSR count). The Balaban J connectivity index is 1.90. The van der Waals surface area contributed by atoms with E-state index in [9.17, 15) is 0 Å². The number of anilines is 2. The van der Waals surface area contributed by atoms with Crippen molar-refractivity contribution in [3.05, 3.63) is 108 Å². The van der Waals surface area contributed by atoms with Crippen molar-refractivity contribution in [3.8, 4) is 11.1 Å². The van der Waals surface area contributed by atoms with Crippen LogP contribution in [-0.4, -0.2) is 11.5 Å². The Morgan fingerprint density at radius 1 is 0.844 bits per heavy atom. The SMILES string of the molecule is CCCC1(N(c2ccccc2)c2ccccc2-c2ccccc2)C=CC([Si](Cl)(Cl)Cl)=CC1. The lowest BCUT2D eigenvalue weighted by molar-refractivity contribution is 0.470. The summed E-state index contributed by atoms with van der Waals surface area (Å²) in [5, 5.41) is 0.860. The van der Waals surface area contributed by atoms with Crippen molar-refractivity contribution in [2.24, 2.45) is 0 Å². The third kappa shape index (κ3) is 4.84. The summed E-state index contributed by atoms with van der Waals surface area (Å²) < 4.78 is 0. The summed E-state index contributed by atoms with van der Waals surface area (Å²) in [6, 6.07) is 26.8. The fraction of sp³-hybridized carbons (Fsp3) is 0.185. The maximum absolute atomic E-state index is 6.34. The summed E-state index contributed by atoms with van der Waals surface area (Å²) in [5.74, 6) is 0. The molecule has 1 nitrogen and oxygen atoms in total. The first-order valence-corrected chi connectivity index (χ1v) is 15.9. The molecular formula is C27H26Cl3NSi. The van der Waals surface area contributed by atoms with Crippen LogP contribution in [0.25, 0.3) is 11.1 Å². The lowest BCUT2D eigenvalue weighted by atomic mass is 9.83. The van der Waals surface area contributed by atoms with Crippen molar-refractivity contribution < 1.29 is 0 Å². The number of hydrogen-bond donors (Lipinski definition) is 0. The van der Waals surface area contributed by atoms with E-state index in [-0.39, 0.29) is 5.54 Å². The van der Waals surface area contributed by atoms with Gasteiger partial charge < -0.3 is 4.90 Å². The largest absolute Gasteiger partial charge is 0.372 e. The molecule has 0 N–H and O–H groups in total. The smallest absolute Gasteiger partial charge is 0.331 e. The number of para-hydroxylation sites is 2. The predicted molar refractivity (Wildman–Crippen MR) is 143 cm³/mol. The molecule has 0 heterocycles. The topological polar surface area (TPSA) is 3.24 Å². The van der Waals surface area contributed by atoms with Gasteiger partial charge in [0.15, 0.2) is 0 Å². The van der Waals surface area contributed by atoms with E-state index in [2.05, 4.69) is 109 Å². The molecule has 1 aliphatic carbocycles. The molecule has 1 aliphatic rings. The highest BCUT2D eigenvalue weighted by molar-refractivity contribution is 7.67. The van der Waals surface area contributed by atoms with Crippen LogP contribution in [0.1, 0.15) is 26.2 Å². The Labute approximate surface area is 206 Å². The monoisotopic (exact) mass is 497 g/mol. The highest BCUT2D eigenvalue weighted by Crippen LogP contribution is 2.46. The van der Waals surface area contributed by atoms with Gasteiger partial charge in [0.1, 0.15) is 0 Å². The second-order valence-electron chi connectivity index (χ2n) is 8.10. The first kappa shape index (κ1) is 23.2. The van der Waals surface area contributed by atoms with E-state index < -0.39 is 6.00 Å². The lowest BCUT2D eigenvalue weighted by Gasteiger charge is -2.46. The highest BCUT2D eigenvalue weighted by atomic mass is 35.8. The highest BCUT2D eigenvalue weighted by Gasteiger charge is 2.40. The molecule has 0 bridgehead atoms. The van der Waals surface area contributed by atoms with Crippen molar-refractivity contribution in [1.29, 1.82) is 0 Å². The van der Waals surface area contributed by atoms with Crippen LogP contribution in [0, 0.1) is 0 Å². The minimum Gasteiger partial charge on any atom is -0.331 e. The molecule has 3 aromatic carbocycles. The minimum atomic E-state index is -2.93. The van der Waals surface area contributed by atoms with Crippen LogP contribution in [0.4, 0.5) is 11.4 Å². The Hall–Kier alpha value is -1.97. The van der Waals surface area contributed by atoms with Crippen LogP contribution < -0.4 is 4.90 Å². The third-order valence-electron chi connectivity index (χ3n) is 5.95. The van der Waals surface area contributed by atoms with Gasteiger partial charge in [-0.1, -0.05) is 98.3 Å². The number of halogens is 3. The first-order valence-electron chi connectivity index (χ1n) is 10.9. The zero-order valence-electron chi connectivity index (χ0n) is 18.0. The Bertz CT molecular complexity index is 1110. The quantitative estimate of drug-likeness (QED) is 0.232. The van der Waals surface area contributed by atoms with Gasteiger partial charge in [0.05, 0.1) is 5.54 Å². The van der Waals surface area contributed by atoms with Gasteiger partial charge >= 0.3 is 6.00 Å². The number of benzene rings is 3. The van der Waals surface area contributed by atoms with Crippen molar-refractivity contribution in [2.45, 2.75) is 31.7 Å². The molecule has 1 atom stereocenters. The Morgan fingerprint density at radius 2 is 1.47 bits per heavy atom. The van der Waals surface area contributed by atoms with Crippen molar-refractivity contribution in [1.82, 2.24) is 0 Å². The number of allylic oxidation sites excluding steroid dienone is 2. The average Bonchev–Trinajstić information content (AvgIpc) is 2.81. The number of hydrogen-bond acceptors (Lipinski definition) is 1. The molecular weight excluding hydrogens is 473 g/mol. The van der Waals surface area contributed by atoms with Crippen LogP contribution in [0.15, 0.2) is 108 Å². The molecule has 0 aliphatic heterocycles. The van der Waals surface area contributed by atoms with Gasteiger partial charge in [0.2, 0.25) is 0 Å². The molecule has 32 heavy (non-hydrogen) atoms. The van der Waals surface area contributed by atoms with Crippen molar-refractivity contribution >= 4 is 50.6 Å². The first-order chi connectivity index (χ1) is 15.4. The van der Waals surface area contributed by atoms with Gasteiger partial charge in [0.25, 0.3) is 0 Å². The maximum Gasteiger partial charge on any atom is 0.372 e. The molecule has 0 fully saturated rings. The second-order valence-corrected chi connectivity index (χ2v) is 16.5. The average molecular weight is 499 g/mol. The van der Waals surface area contributed by atoms with Gasteiger partial charge in [-0.15, -0.1) is 33.2 Å². The van der Waals surface area contributed by atoms with Crippen molar-refractivity contribution in [2.75, 3.05) is 4.90 Å². The summed E-state index contributed by atoms with van der Waals surface area (Å²) in [6.07, 6.45) is 9.23. The summed E-state index contributed by atoms with van der Waals surface area (Å²) in [7, 11) is 0. The zero-order valence-corrected chi connectivity index (χ0v) is 21.3. The molecule has 164 valence electrons. The molecule has 0 saturated carbocycles. The molecule has 1 unspecified atom stereocenters. The van der Waals surface area contributed by atoms with Crippen LogP contribution in [0.5, 0.6) is 0 Å². The summed E-state index contributed by atoms with van der Waals surface area (Å²) in [4.78, 5) is 2.47. The molecule has 5 heteroatoms. The summed E-state index contributed by atoms with van der Waals surface area (Å²) in [6.45, 7) is 2.23. The standard InChI is InChI=1S/C27H26Cl3NSi/c1-2-19-27(20-17-24(18-21-27)32(28,29)30)31(23-13-7-4-8-14-23)26-16-10-9-15-25(26)22-11-5-3-6-12-22/h3-18,20H,2,19,21H2,1H3. The molecule has 0 saturated heterocycles. The number of rotatable bonds is 7. The van der Waals surface area contributed by atoms with Gasteiger partial charge in [-0.3, -0.25) is 0 Å². The van der Waals surface area contributed by atoms with Crippen LogP contribution >= 0.6 is 33.2 Å². The molecule has 0 aromatic heterocycles. The van der Waals surface area contributed by atoms with Crippen LogP contribution in [-0.2, 0) is 0 Å².